The molecule has 1 amide bonds. The van der Waals surface area contributed by atoms with E-state index in [1.165, 1.54) is 0 Å². The fraction of sp³-hybridized carbons (Fsp3) is 0.350. The Kier molecular flexibility index (Phi) is 5.23. The summed E-state index contributed by atoms with van der Waals surface area (Å²) in [5.74, 6) is 1.37. The molecule has 1 atom stereocenters. The molecule has 1 aliphatic heterocycles. The molecule has 132 valence electrons. The van der Waals surface area contributed by atoms with Crippen molar-refractivity contribution in [1.29, 1.82) is 0 Å². The predicted molar refractivity (Wildman–Crippen MR) is 102 cm³/mol. The molecular formula is C20H23NO3S. The van der Waals surface area contributed by atoms with E-state index < -0.39 is 0 Å². The van der Waals surface area contributed by atoms with Crippen LogP contribution in [0.5, 0.6) is 11.5 Å². The van der Waals surface area contributed by atoms with E-state index in [4.69, 9.17) is 9.47 Å². The summed E-state index contributed by atoms with van der Waals surface area (Å²) in [7, 11) is 0. The van der Waals surface area contributed by atoms with Crippen LogP contribution in [-0.2, 0) is 6.42 Å². The molecule has 0 saturated heterocycles. The highest BCUT2D eigenvalue weighted by Gasteiger charge is 2.23. The molecule has 3 rings (SSSR count). The molecule has 1 N–H and O–H groups in total. The highest BCUT2D eigenvalue weighted by atomic mass is 32.2. The summed E-state index contributed by atoms with van der Waals surface area (Å²) >= 11 is 1.62. The second kappa shape index (κ2) is 7.40. The third-order valence-electron chi connectivity index (χ3n) is 4.24. The number of aryl methyl sites for hydroxylation is 1. The van der Waals surface area contributed by atoms with Crippen LogP contribution in [0.15, 0.2) is 35.2 Å². The van der Waals surface area contributed by atoms with E-state index in [0.29, 0.717) is 23.6 Å². The normalized spacial score (nSPS) is 15.4. The molecule has 0 aromatic heterocycles. The van der Waals surface area contributed by atoms with Crippen LogP contribution in [-0.4, -0.2) is 24.9 Å². The Hall–Kier alpha value is -2.14. The molecule has 0 saturated carbocycles. The van der Waals surface area contributed by atoms with Crippen molar-refractivity contribution >= 4 is 23.4 Å². The van der Waals surface area contributed by atoms with Gasteiger partial charge in [-0.2, -0.15) is 0 Å². The number of nitrogens with one attached hydrogen (secondary N) is 1. The van der Waals surface area contributed by atoms with Crippen LogP contribution in [0, 0.1) is 6.92 Å². The number of thioether (sulfide) groups is 1. The highest BCUT2D eigenvalue weighted by molar-refractivity contribution is 7.98. The van der Waals surface area contributed by atoms with Gasteiger partial charge in [0.15, 0.2) is 0 Å². The highest BCUT2D eigenvalue weighted by Crippen LogP contribution is 2.38. The van der Waals surface area contributed by atoms with Crippen LogP contribution in [0.25, 0.3) is 0 Å². The summed E-state index contributed by atoms with van der Waals surface area (Å²) in [4.78, 5) is 13.9. The summed E-state index contributed by atoms with van der Waals surface area (Å²) in [5, 5.41) is 3.00. The van der Waals surface area contributed by atoms with Crippen LogP contribution in [0.3, 0.4) is 0 Å². The molecule has 1 unspecified atom stereocenters. The van der Waals surface area contributed by atoms with Crippen molar-refractivity contribution in [2.75, 3.05) is 18.2 Å². The third kappa shape index (κ3) is 3.76. The van der Waals surface area contributed by atoms with E-state index in [1.807, 2.05) is 57.4 Å². The number of carbonyl (C=O) groups excluding carboxylic acids is 1. The molecule has 1 aliphatic rings. The Bertz CT molecular complexity index is 804. The smallest absolute Gasteiger partial charge is 0.256 e. The lowest BCUT2D eigenvalue weighted by atomic mass is 10.1. The second-order valence-electron chi connectivity index (χ2n) is 6.16. The van der Waals surface area contributed by atoms with Gasteiger partial charge in [0.25, 0.3) is 5.91 Å². The number of fused-ring (bicyclic) bond motifs is 1. The zero-order valence-electron chi connectivity index (χ0n) is 15.0. The summed E-state index contributed by atoms with van der Waals surface area (Å²) in [6, 6.07) is 9.75. The van der Waals surface area contributed by atoms with Gasteiger partial charge < -0.3 is 14.8 Å². The van der Waals surface area contributed by atoms with E-state index in [2.05, 4.69) is 5.32 Å². The van der Waals surface area contributed by atoms with Gasteiger partial charge in [-0.3, -0.25) is 4.79 Å². The largest absolute Gasteiger partial charge is 0.492 e. The standard InChI is InChI=1S/C20H23NO3S/c1-5-23-19-9-14-8-13(3)24-18(14)11-17(19)21-20(22)16-10-15(25-4)7-6-12(16)2/h6-7,9-11,13H,5,8H2,1-4H3,(H,21,22). The maximum atomic E-state index is 12.8. The minimum absolute atomic E-state index is 0.139. The fourth-order valence-electron chi connectivity index (χ4n) is 2.97. The van der Waals surface area contributed by atoms with Crippen LogP contribution in [0.4, 0.5) is 5.69 Å². The summed E-state index contributed by atoms with van der Waals surface area (Å²) in [5.41, 5.74) is 3.38. The molecule has 2 aromatic rings. The van der Waals surface area contributed by atoms with Gasteiger partial charge in [0.2, 0.25) is 0 Å². The van der Waals surface area contributed by atoms with Gasteiger partial charge in [0.05, 0.1) is 12.3 Å². The minimum atomic E-state index is -0.139. The molecule has 0 spiro atoms. The van der Waals surface area contributed by atoms with E-state index in [-0.39, 0.29) is 12.0 Å². The molecule has 0 aliphatic carbocycles. The number of anilines is 1. The van der Waals surface area contributed by atoms with Crippen molar-refractivity contribution in [1.82, 2.24) is 0 Å². The number of benzene rings is 2. The zero-order valence-corrected chi connectivity index (χ0v) is 15.8. The topological polar surface area (TPSA) is 47.6 Å². The average Bonchev–Trinajstić information content (AvgIpc) is 2.94. The molecule has 0 fully saturated rings. The van der Waals surface area contributed by atoms with E-state index in [1.54, 1.807) is 11.8 Å². The summed E-state index contributed by atoms with van der Waals surface area (Å²) in [6.45, 7) is 6.45. The van der Waals surface area contributed by atoms with Crippen molar-refractivity contribution in [2.24, 2.45) is 0 Å². The van der Waals surface area contributed by atoms with E-state index in [9.17, 15) is 4.79 Å². The first kappa shape index (κ1) is 17.7. The fourth-order valence-corrected chi connectivity index (χ4v) is 3.41. The Morgan fingerprint density at radius 2 is 2.16 bits per heavy atom. The van der Waals surface area contributed by atoms with Crippen molar-refractivity contribution in [3.63, 3.8) is 0 Å². The molecule has 2 aromatic carbocycles. The maximum Gasteiger partial charge on any atom is 0.256 e. The molecular weight excluding hydrogens is 334 g/mol. The van der Waals surface area contributed by atoms with Gasteiger partial charge in [-0.1, -0.05) is 6.07 Å². The van der Waals surface area contributed by atoms with Gasteiger partial charge in [-0.25, -0.2) is 0 Å². The first-order chi connectivity index (χ1) is 12.0. The summed E-state index contributed by atoms with van der Waals surface area (Å²) < 4.78 is 11.6. The molecule has 1 heterocycles. The number of hydrogen-bond donors (Lipinski definition) is 1. The Labute approximate surface area is 152 Å². The Morgan fingerprint density at radius 3 is 2.88 bits per heavy atom. The predicted octanol–water partition coefficient (Wildman–Crippen LogP) is 4.69. The first-order valence-corrected chi connectivity index (χ1v) is 9.66. The lowest BCUT2D eigenvalue weighted by molar-refractivity contribution is 0.102. The minimum Gasteiger partial charge on any atom is -0.492 e. The van der Waals surface area contributed by atoms with Crippen molar-refractivity contribution < 1.29 is 14.3 Å². The van der Waals surface area contributed by atoms with E-state index in [0.717, 1.165) is 28.2 Å². The maximum absolute atomic E-state index is 12.8. The van der Waals surface area contributed by atoms with Gasteiger partial charge in [-0.05, 0) is 50.8 Å². The van der Waals surface area contributed by atoms with Crippen molar-refractivity contribution in [2.45, 2.75) is 38.2 Å². The number of hydrogen-bond acceptors (Lipinski definition) is 4. The number of ether oxygens (including phenoxy) is 2. The second-order valence-corrected chi connectivity index (χ2v) is 7.04. The molecule has 0 bridgehead atoms. The Balaban J connectivity index is 1.92. The van der Waals surface area contributed by atoms with Gasteiger partial charge >= 0.3 is 0 Å². The Morgan fingerprint density at radius 1 is 1.36 bits per heavy atom. The number of rotatable bonds is 5. The third-order valence-corrected chi connectivity index (χ3v) is 4.96. The van der Waals surface area contributed by atoms with Gasteiger partial charge in [-0.15, -0.1) is 11.8 Å². The zero-order chi connectivity index (χ0) is 18.0. The summed E-state index contributed by atoms with van der Waals surface area (Å²) in [6.07, 6.45) is 3.01. The molecule has 5 heteroatoms. The van der Waals surface area contributed by atoms with Crippen molar-refractivity contribution in [3.8, 4) is 11.5 Å². The van der Waals surface area contributed by atoms with Crippen molar-refractivity contribution in [3.05, 3.63) is 47.0 Å². The lowest BCUT2D eigenvalue weighted by Crippen LogP contribution is -2.14. The SMILES string of the molecule is CCOc1cc2c(cc1NC(=O)c1cc(SC)ccc1C)OC(C)C2. The van der Waals surface area contributed by atoms with Crippen LogP contribution in [0.2, 0.25) is 0 Å². The van der Waals surface area contributed by atoms with Gasteiger partial charge in [0, 0.05) is 28.5 Å². The molecule has 0 radical (unpaired) electrons. The number of amides is 1. The number of carbonyl (C=O) groups is 1. The quantitative estimate of drug-likeness (QED) is 0.789. The van der Waals surface area contributed by atoms with Gasteiger partial charge in [0.1, 0.15) is 17.6 Å². The van der Waals surface area contributed by atoms with Crippen LogP contribution in [0.1, 0.15) is 35.3 Å². The van der Waals surface area contributed by atoms with Crippen LogP contribution >= 0.6 is 11.8 Å². The van der Waals surface area contributed by atoms with Crippen LogP contribution < -0.4 is 14.8 Å². The average molecular weight is 357 g/mol. The molecule has 25 heavy (non-hydrogen) atoms. The first-order valence-electron chi connectivity index (χ1n) is 8.44. The molecule has 4 nitrogen and oxygen atoms in total. The lowest BCUT2D eigenvalue weighted by Gasteiger charge is -2.14. The monoisotopic (exact) mass is 357 g/mol. The van der Waals surface area contributed by atoms with E-state index >= 15 is 0 Å².